The number of fused-ring (bicyclic) bond motifs is 1. The third-order valence-electron chi connectivity index (χ3n) is 5.78. The van der Waals surface area contributed by atoms with E-state index in [4.69, 9.17) is 9.84 Å². The number of hydrogen-bond donors (Lipinski definition) is 1. The third kappa shape index (κ3) is 4.51. The number of aliphatic carboxylic acids is 1. The Morgan fingerprint density at radius 2 is 1.91 bits per heavy atom. The van der Waals surface area contributed by atoms with Gasteiger partial charge in [0.2, 0.25) is 5.91 Å². The number of nitrogens with zero attached hydrogens (tertiary/aromatic N) is 2. The lowest BCUT2D eigenvalue weighted by Crippen LogP contribution is -2.26. The number of carbonyl (C=O) groups excluding carboxylic acids is 2. The summed E-state index contributed by atoms with van der Waals surface area (Å²) in [4.78, 5) is 37.9. The zero-order valence-corrected chi connectivity index (χ0v) is 18.0. The first-order valence-corrected chi connectivity index (χ1v) is 10.8. The number of benzene rings is 2. The van der Waals surface area contributed by atoms with Crippen LogP contribution in [0.5, 0.6) is 5.75 Å². The molecule has 1 aliphatic rings. The number of carboxylic acid groups (broad SMARTS) is 1. The first-order valence-electron chi connectivity index (χ1n) is 10.8. The number of likely N-dealkylation sites (tertiary alicyclic amines) is 1. The van der Waals surface area contributed by atoms with Gasteiger partial charge in [0.05, 0.1) is 18.5 Å². The van der Waals surface area contributed by atoms with E-state index < -0.39 is 5.97 Å². The van der Waals surface area contributed by atoms with Crippen molar-refractivity contribution in [1.82, 2.24) is 9.47 Å². The average Bonchev–Trinajstić information content (AvgIpc) is 3.33. The predicted molar refractivity (Wildman–Crippen MR) is 120 cm³/mol. The van der Waals surface area contributed by atoms with Gasteiger partial charge in [-0.1, -0.05) is 12.1 Å². The maximum atomic E-state index is 13.2. The van der Waals surface area contributed by atoms with Gasteiger partial charge >= 0.3 is 5.97 Å². The van der Waals surface area contributed by atoms with Crippen LogP contribution in [-0.4, -0.2) is 52.1 Å². The van der Waals surface area contributed by atoms with Crippen LogP contribution in [0.2, 0.25) is 0 Å². The molecule has 1 aromatic heterocycles. The van der Waals surface area contributed by atoms with Crippen LogP contribution in [-0.2, 0) is 16.0 Å². The van der Waals surface area contributed by atoms with Crippen LogP contribution in [0.4, 0.5) is 0 Å². The highest BCUT2D eigenvalue weighted by Crippen LogP contribution is 2.25. The van der Waals surface area contributed by atoms with Crippen LogP contribution in [0.15, 0.2) is 48.5 Å². The molecule has 0 aliphatic carbocycles. The molecule has 3 aromatic rings. The van der Waals surface area contributed by atoms with Gasteiger partial charge in [-0.15, -0.1) is 0 Å². The fourth-order valence-corrected chi connectivity index (χ4v) is 4.22. The van der Waals surface area contributed by atoms with Gasteiger partial charge in [-0.3, -0.25) is 19.0 Å². The Balaban J connectivity index is 1.43. The maximum Gasteiger partial charge on any atom is 0.307 e. The van der Waals surface area contributed by atoms with Crippen molar-refractivity contribution in [2.75, 3.05) is 19.7 Å². The fraction of sp³-hybridized carbons (Fsp3) is 0.320. The molecule has 2 heterocycles. The maximum absolute atomic E-state index is 13.2. The van der Waals surface area contributed by atoms with Crippen LogP contribution >= 0.6 is 0 Å². The van der Waals surface area contributed by atoms with E-state index in [9.17, 15) is 14.4 Å². The Bertz CT molecular complexity index is 1160. The molecule has 2 aromatic carbocycles. The quantitative estimate of drug-likeness (QED) is 0.547. The second kappa shape index (κ2) is 9.26. The molecule has 0 spiro atoms. The largest absolute Gasteiger partial charge is 0.494 e. The molecule has 0 radical (unpaired) electrons. The summed E-state index contributed by atoms with van der Waals surface area (Å²) in [7, 11) is 0. The minimum absolute atomic E-state index is 0.0903. The van der Waals surface area contributed by atoms with E-state index in [1.807, 2.05) is 24.0 Å². The lowest BCUT2D eigenvalue weighted by molar-refractivity contribution is -0.136. The number of aromatic nitrogens is 1. The summed E-state index contributed by atoms with van der Waals surface area (Å²) >= 11 is 0. The smallest absolute Gasteiger partial charge is 0.307 e. The summed E-state index contributed by atoms with van der Waals surface area (Å²) in [5, 5.41) is 9.93. The van der Waals surface area contributed by atoms with Crippen molar-refractivity contribution in [3.8, 4) is 5.75 Å². The molecule has 1 saturated heterocycles. The number of amides is 1. The zero-order valence-electron chi connectivity index (χ0n) is 18.0. The van der Waals surface area contributed by atoms with Crippen molar-refractivity contribution < 1.29 is 24.2 Å². The number of rotatable bonds is 8. The van der Waals surface area contributed by atoms with Crippen molar-refractivity contribution in [2.24, 2.45) is 0 Å². The molecule has 32 heavy (non-hydrogen) atoms. The minimum Gasteiger partial charge on any atom is -0.494 e. The normalized spacial score (nSPS) is 13.7. The third-order valence-corrected chi connectivity index (χ3v) is 5.78. The number of carbonyl (C=O) groups is 3. The summed E-state index contributed by atoms with van der Waals surface area (Å²) in [6.45, 7) is 3.88. The van der Waals surface area contributed by atoms with Gasteiger partial charge in [0.1, 0.15) is 5.75 Å². The minimum atomic E-state index is -0.906. The molecule has 0 unspecified atom stereocenters. The Morgan fingerprint density at radius 1 is 1.12 bits per heavy atom. The van der Waals surface area contributed by atoms with Crippen molar-refractivity contribution in [1.29, 1.82) is 0 Å². The van der Waals surface area contributed by atoms with Crippen molar-refractivity contribution in [2.45, 2.75) is 32.6 Å². The molecular weight excluding hydrogens is 408 g/mol. The summed E-state index contributed by atoms with van der Waals surface area (Å²) in [5.41, 5.74) is 2.65. The molecule has 0 atom stereocenters. The van der Waals surface area contributed by atoms with Gasteiger partial charge in [0.25, 0.3) is 5.91 Å². The molecule has 1 amide bonds. The van der Waals surface area contributed by atoms with E-state index in [2.05, 4.69) is 0 Å². The molecule has 1 N–H and O–H groups in total. The van der Waals surface area contributed by atoms with Crippen LogP contribution in [0.25, 0.3) is 10.9 Å². The SMILES string of the molecule is Cc1cc2c(CC(=O)O)cccc2n1C(=O)c1ccc(OCCCN2CCCC2=O)cc1. The van der Waals surface area contributed by atoms with Crippen molar-refractivity contribution >= 4 is 28.7 Å². The van der Waals surface area contributed by atoms with Crippen LogP contribution in [0.3, 0.4) is 0 Å². The molecule has 7 heteroatoms. The summed E-state index contributed by atoms with van der Waals surface area (Å²) in [6, 6.07) is 14.2. The van der Waals surface area contributed by atoms with Gasteiger partial charge in [-0.2, -0.15) is 0 Å². The highest BCUT2D eigenvalue weighted by atomic mass is 16.5. The Hall–Kier alpha value is -3.61. The van der Waals surface area contributed by atoms with E-state index in [1.54, 1.807) is 41.0 Å². The summed E-state index contributed by atoms with van der Waals surface area (Å²) in [5.74, 6) is -0.191. The van der Waals surface area contributed by atoms with Crippen molar-refractivity contribution in [3.63, 3.8) is 0 Å². The monoisotopic (exact) mass is 434 g/mol. The standard InChI is InChI=1S/C25H26N2O5/c1-17-15-21-19(16-24(29)30)5-2-6-22(21)27(17)25(31)18-8-10-20(11-9-18)32-14-4-13-26-12-3-7-23(26)28/h2,5-6,8-11,15H,3-4,7,12-14,16H2,1H3,(H,29,30). The van der Waals surface area contributed by atoms with Gasteiger partial charge < -0.3 is 14.7 Å². The Morgan fingerprint density at radius 3 is 2.59 bits per heavy atom. The fourth-order valence-electron chi connectivity index (χ4n) is 4.22. The van der Waals surface area contributed by atoms with E-state index in [0.717, 1.165) is 30.5 Å². The van der Waals surface area contributed by atoms with Crippen LogP contribution < -0.4 is 4.74 Å². The average molecular weight is 434 g/mol. The van der Waals surface area contributed by atoms with Gasteiger partial charge in [-0.25, -0.2) is 0 Å². The Labute approximate surface area is 186 Å². The van der Waals surface area contributed by atoms with Crippen LogP contribution in [0, 0.1) is 6.92 Å². The lowest BCUT2D eigenvalue weighted by Gasteiger charge is -2.15. The molecule has 7 nitrogen and oxygen atoms in total. The van der Waals surface area contributed by atoms with E-state index in [-0.39, 0.29) is 18.2 Å². The number of ether oxygens (including phenoxy) is 1. The molecular formula is C25H26N2O5. The molecule has 4 rings (SSSR count). The van der Waals surface area contributed by atoms with E-state index >= 15 is 0 Å². The summed E-state index contributed by atoms with van der Waals surface area (Å²) in [6.07, 6.45) is 2.26. The highest BCUT2D eigenvalue weighted by molar-refractivity contribution is 6.04. The topological polar surface area (TPSA) is 88.8 Å². The van der Waals surface area contributed by atoms with Crippen LogP contribution in [0.1, 0.15) is 40.9 Å². The molecule has 0 saturated carbocycles. The predicted octanol–water partition coefficient (Wildman–Crippen LogP) is 3.66. The highest BCUT2D eigenvalue weighted by Gasteiger charge is 2.19. The number of aryl methyl sites for hydroxylation is 1. The Kier molecular flexibility index (Phi) is 6.25. The van der Waals surface area contributed by atoms with Gasteiger partial charge in [0, 0.05) is 36.2 Å². The zero-order chi connectivity index (χ0) is 22.7. The van der Waals surface area contributed by atoms with Gasteiger partial charge in [0.15, 0.2) is 0 Å². The van der Waals surface area contributed by atoms with E-state index in [1.165, 1.54) is 0 Å². The van der Waals surface area contributed by atoms with Crippen molar-refractivity contribution in [3.05, 3.63) is 65.4 Å². The van der Waals surface area contributed by atoms with E-state index in [0.29, 0.717) is 42.0 Å². The molecule has 166 valence electrons. The molecule has 0 bridgehead atoms. The first kappa shape index (κ1) is 21.6. The second-order valence-electron chi connectivity index (χ2n) is 8.06. The number of carboxylic acids is 1. The number of hydrogen-bond acceptors (Lipinski definition) is 4. The second-order valence-corrected chi connectivity index (χ2v) is 8.06. The van der Waals surface area contributed by atoms with Gasteiger partial charge in [-0.05, 0) is 61.7 Å². The lowest BCUT2D eigenvalue weighted by atomic mass is 10.1. The molecule has 1 aliphatic heterocycles. The first-order chi connectivity index (χ1) is 15.4. The summed E-state index contributed by atoms with van der Waals surface area (Å²) < 4.78 is 7.38. The molecule has 1 fully saturated rings.